The van der Waals surface area contributed by atoms with E-state index in [2.05, 4.69) is 53.6 Å². The molecule has 0 aromatic heterocycles. The fraction of sp³-hybridized carbons (Fsp3) is 0.882. The normalized spacial score (nSPS) is 17.7. The molecule has 19 heavy (non-hydrogen) atoms. The number of hydrogen-bond donors (Lipinski definition) is 0. The highest BCUT2D eigenvalue weighted by Gasteiger charge is 2.46. The fourth-order valence-corrected chi connectivity index (χ4v) is 8.74. The summed E-state index contributed by atoms with van der Waals surface area (Å²) >= 11 is 0. The summed E-state index contributed by atoms with van der Waals surface area (Å²) < 4.78 is 6.29. The van der Waals surface area contributed by atoms with Crippen molar-refractivity contribution in [2.24, 2.45) is 5.92 Å². The average Bonchev–Trinajstić information content (AvgIpc) is 2.34. The Labute approximate surface area is 121 Å². The van der Waals surface area contributed by atoms with E-state index in [0.717, 1.165) is 0 Å². The lowest BCUT2D eigenvalue weighted by Gasteiger charge is -2.39. The molecule has 0 atom stereocenters. The Kier molecular flexibility index (Phi) is 6.46. The largest absolute Gasteiger partial charge is 0.500 e. The van der Waals surface area contributed by atoms with Crippen LogP contribution in [0.1, 0.15) is 73.6 Å². The fourth-order valence-electron chi connectivity index (χ4n) is 3.80. The van der Waals surface area contributed by atoms with Crippen molar-refractivity contribution >= 4 is 8.32 Å². The zero-order valence-corrected chi connectivity index (χ0v) is 14.8. The summed E-state index contributed by atoms with van der Waals surface area (Å²) in [6.07, 6.45) is 9.79. The third-order valence-corrected chi connectivity index (χ3v) is 10.7. The van der Waals surface area contributed by atoms with Gasteiger partial charge in [0, 0.05) is 5.92 Å². The number of rotatable bonds is 4. The predicted octanol–water partition coefficient (Wildman–Crippen LogP) is 5.72. The Bertz CT molecular complexity index is 294. The molecular weight excluding hydrogens is 248 g/mol. The summed E-state index contributed by atoms with van der Waals surface area (Å²) in [6, 6.07) is 0. The Balaban J connectivity index is 2.75. The van der Waals surface area contributed by atoms with Gasteiger partial charge in [0.25, 0.3) is 8.32 Å². The zero-order chi connectivity index (χ0) is 14.5. The van der Waals surface area contributed by atoms with E-state index in [-0.39, 0.29) is 0 Å². The first kappa shape index (κ1) is 16.6. The molecule has 1 saturated carbocycles. The van der Waals surface area contributed by atoms with Crippen LogP contribution in [0.25, 0.3) is 0 Å². The predicted molar refractivity (Wildman–Crippen MR) is 86.5 cm³/mol. The van der Waals surface area contributed by atoms with Crippen LogP contribution in [-0.2, 0) is 4.43 Å². The van der Waals surface area contributed by atoms with Crippen LogP contribution in [0.15, 0.2) is 0 Å². The molecule has 110 valence electrons. The molecule has 0 unspecified atom stereocenters. The SMILES string of the molecule is CC(C)[Si](OC#CC1CCCCC1)(C(C)C)C(C)C. The lowest BCUT2D eigenvalue weighted by atomic mass is 9.90. The molecule has 0 aromatic rings. The second-order valence-electron chi connectivity index (χ2n) is 7.00. The summed E-state index contributed by atoms with van der Waals surface area (Å²) in [4.78, 5) is 0. The zero-order valence-electron chi connectivity index (χ0n) is 13.8. The summed E-state index contributed by atoms with van der Waals surface area (Å²) in [7, 11) is -1.79. The summed E-state index contributed by atoms with van der Waals surface area (Å²) in [6.45, 7) is 13.9. The van der Waals surface area contributed by atoms with E-state index < -0.39 is 8.32 Å². The molecule has 0 amide bonds. The molecule has 0 N–H and O–H groups in total. The van der Waals surface area contributed by atoms with E-state index >= 15 is 0 Å². The van der Waals surface area contributed by atoms with Gasteiger partial charge in [0.1, 0.15) is 0 Å². The van der Waals surface area contributed by atoms with Gasteiger partial charge in [0.05, 0.1) is 6.11 Å². The lowest BCUT2D eigenvalue weighted by Crippen LogP contribution is -2.46. The molecule has 1 aliphatic carbocycles. The highest BCUT2D eigenvalue weighted by molar-refractivity contribution is 6.77. The first-order valence-corrected chi connectivity index (χ1v) is 10.2. The lowest BCUT2D eigenvalue weighted by molar-refractivity contribution is 0.418. The third kappa shape index (κ3) is 4.02. The van der Waals surface area contributed by atoms with Crippen molar-refractivity contribution in [1.29, 1.82) is 0 Å². The Morgan fingerprint density at radius 3 is 1.74 bits per heavy atom. The monoisotopic (exact) mass is 280 g/mol. The van der Waals surface area contributed by atoms with Crippen molar-refractivity contribution in [1.82, 2.24) is 0 Å². The van der Waals surface area contributed by atoms with E-state index in [1.54, 1.807) is 0 Å². The van der Waals surface area contributed by atoms with Gasteiger partial charge in [0.15, 0.2) is 0 Å². The maximum atomic E-state index is 6.29. The van der Waals surface area contributed by atoms with Gasteiger partial charge in [-0.3, -0.25) is 0 Å². The van der Waals surface area contributed by atoms with Crippen LogP contribution < -0.4 is 0 Å². The summed E-state index contributed by atoms with van der Waals surface area (Å²) in [5, 5.41) is 0. The van der Waals surface area contributed by atoms with Crippen molar-refractivity contribution in [3.05, 3.63) is 0 Å². The molecule has 1 aliphatic rings. The van der Waals surface area contributed by atoms with Gasteiger partial charge in [-0.2, -0.15) is 0 Å². The third-order valence-electron chi connectivity index (χ3n) is 4.80. The Morgan fingerprint density at radius 2 is 1.32 bits per heavy atom. The Morgan fingerprint density at radius 1 is 0.842 bits per heavy atom. The van der Waals surface area contributed by atoms with Crippen molar-refractivity contribution in [2.75, 3.05) is 0 Å². The van der Waals surface area contributed by atoms with Gasteiger partial charge in [-0.15, -0.1) is 0 Å². The standard InChI is InChI=1S/C17H32OSi/c1-14(2)19(15(3)4,16(5)6)18-13-12-17-10-8-7-9-11-17/h14-17H,7-11H2,1-6H3. The second kappa shape index (κ2) is 7.38. The van der Waals surface area contributed by atoms with Crippen LogP contribution in [0, 0.1) is 17.9 Å². The van der Waals surface area contributed by atoms with Gasteiger partial charge in [-0.1, -0.05) is 66.7 Å². The van der Waals surface area contributed by atoms with Crippen LogP contribution in [0.4, 0.5) is 0 Å². The molecule has 0 heterocycles. The Hall–Kier alpha value is -0.423. The quantitative estimate of drug-likeness (QED) is 0.473. The molecule has 2 heteroatoms. The van der Waals surface area contributed by atoms with E-state index in [4.69, 9.17) is 4.43 Å². The molecule has 0 spiro atoms. The van der Waals surface area contributed by atoms with Crippen LogP contribution in [0.3, 0.4) is 0 Å². The van der Waals surface area contributed by atoms with Gasteiger partial charge in [-0.25, -0.2) is 0 Å². The summed E-state index contributed by atoms with van der Waals surface area (Å²) in [5.74, 6) is 3.99. The topological polar surface area (TPSA) is 9.23 Å². The van der Waals surface area contributed by atoms with E-state index in [1.807, 2.05) is 0 Å². The van der Waals surface area contributed by atoms with Crippen molar-refractivity contribution in [2.45, 2.75) is 90.3 Å². The molecule has 0 saturated heterocycles. The molecule has 1 rings (SSSR count). The van der Waals surface area contributed by atoms with Crippen LogP contribution in [0.2, 0.25) is 16.6 Å². The number of hydrogen-bond acceptors (Lipinski definition) is 1. The van der Waals surface area contributed by atoms with Crippen LogP contribution >= 0.6 is 0 Å². The average molecular weight is 281 g/mol. The van der Waals surface area contributed by atoms with Crippen molar-refractivity contribution < 1.29 is 4.43 Å². The van der Waals surface area contributed by atoms with Gasteiger partial charge in [0.2, 0.25) is 0 Å². The first-order chi connectivity index (χ1) is 8.91. The maximum Gasteiger partial charge on any atom is 0.272 e. The smallest absolute Gasteiger partial charge is 0.272 e. The first-order valence-electron chi connectivity index (χ1n) is 8.09. The minimum atomic E-state index is -1.79. The second-order valence-corrected chi connectivity index (χ2v) is 12.4. The van der Waals surface area contributed by atoms with Crippen molar-refractivity contribution in [3.63, 3.8) is 0 Å². The maximum absolute atomic E-state index is 6.29. The summed E-state index contributed by atoms with van der Waals surface area (Å²) in [5.41, 5.74) is 1.86. The van der Waals surface area contributed by atoms with Crippen molar-refractivity contribution in [3.8, 4) is 12.0 Å². The van der Waals surface area contributed by atoms with Gasteiger partial charge >= 0.3 is 0 Å². The van der Waals surface area contributed by atoms with E-state index in [0.29, 0.717) is 22.5 Å². The van der Waals surface area contributed by atoms with Crippen LogP contribution in [-0.4, -0.2) is 8.32 Å². The molecule has 0 radical (unpaired) electrons. The van der Waals surface area contributed by atoms with Gasteiger partial charge < -0.3 is 4.43 Å². The minimum Gasteiger partial charge on any atom is -0.500 e. The van der Waals surface area contributed by atoms with Gasteiger partial charge in [-0.05, 0) is 29.5 Å². The minimum absolute atomic E-state index is 0.590. The highest BCUT2D eigenvalue weighted by Crippen LogP contribution is 2.42. The molecule has 1 nitrogen and oxygen atoms in total. The van der Waals surface area contributed by atoms with E-state index in [1.165, 1.54) is 32.1 Å². The molecule has 0 bridgehead atoms. The molecular formula is C17H32OSi. The van der Waals surface area contributed by atoms with Crippen LogP contribution in [0.5, 0.6) is 0 Å². The van der Waals surface area contributed by atoms with E-state index in [9.17, 15) is 0 Å². The molecule has 0 aliphatic heterocycles. The highest BCUT2D eigenvalue weighted by atomic mass is 28.4. The molecule has 1 fully saturated rings. The molecule has 0 aromatic carbocycles.